The standard InChI is InChI=1S/C13H14F3N3/c1-3-17-12-18-9(2)8-19(12)11-6-4-5-10(7-11)13(14,15)16/h4-8H,3H2,1-2H3,(H,17,18). The summed E-state index contributed by atoms with van der Waals surface area (Å²) in [4.78, 5) is 4.24. The van der Waals surface area contributed by atoms with E-state index in [2.05, 4.69) is 10.3 Å². The van der Waals surface area contributed by atoms with Gasteiger partial charge in [-0.3, -0.25) is 4.57 Å². The van der Waals surface area contributed by atoms with Gasteiger partial charge in [0.1, 0.15) is 0 Å². The molecule has 0 fully saturated rings. The van der Waals surface area contributed by atoms with Gasteiger partial charge in [-0.15, -0.1) is 0 Å². The smallest absolute Gasteiger partial charge is 0.356 e. The van der Waals surface area contributed by atoms with Gasteiger partial charge in [-0.25, -0.2) is 4.98 Å². The van der Waals surface area contributed by atoms with Crippen molar-refractivity contribution >= 4 is 5.95 Å². The van der Waals surface area contributed by atoms with Gasteiger partial charge < -0.3 is 5.32 Å². The van der Waals surface area contributed by atoms with Crippen molar-refractivity contribution in [3.8, 4) is 5.69 Å². The fraction of sp³-hybridized carbons (Fsp3) is 0.308. The predicted molar refractivity (Wildman–Crippen MR) is 67.5 cm³/mol. The molecule has 2 rings (SSSR count). The van der Waals surface area contributed by atoms with Crippen LogP contribution in [-0.2, 0) is 6.18 Å². The Bertz CT molecular complexity index is 573. The number of imidazole rings is 1. The molecule has 1 aromatic carbocycles. The number of nitrogens with one attached hydrogen (secondary N) is 1. The molecule has 0 radical (unpaired) electrons. The minimum Gasteiger partial charge on any atom is -0.356 e. The van der Waals surface area contributed by atoms with Crippen molar-refractivity contribution in [2.45, 2.75) is 20.0 Å². The minimum absolute atomic E-state index is 0.436. The first-order chi connectivity index (χ1) is 8.91. The molecule has 2 aromatic rings. The molecule has 1 aromatic heterocycles. The quantitative estimate of drug-likeness (QED) is 0.922. The second kappa shape index (κ2) is 4.95. The summed E-state index contributed by atoms with van der Waals surface area (Å²) in [5, 5.41) is 3.02. The number of nitrogens with zero attached hydrogens (tertiary/aromatic N) is 2. The largest absolute Gasteiger partial charge is 0.416 e. The SMILES string of the molecule is CCNc1nc(C)cn1-c1cccc(C(F)(F)F)c1. The number of alkyl halides is 3. The third kappa shape index (κ3) is 2.89. The molecule has 0 bridgehead atoms. The molecule has 0 aliphatic heterocycles. The molecule has 0 amide bonds. The van der Waals surface area contributed by atoms with Crippen LogP contribution in [0.3, 0.4) is 0 Å². The minimum atomic E-state index is -4.34. The lowest BCUT2D eigenvalue weighted by Crippen LogP contribution is -2.08. The second-order valence-electron chi connectivity index (χ2n) is 4.15. The Morgan fingerprint density at radius 3 is 2.68 bits per heavy atom. The van der Waals surface area contributed by atoms with Crippen molar-refractivity contribution < 1.29 is 13.2 Å². The highest BCUT2D eigenvalue weighted by Crippen LogP contribution is 2.30. The van der Waals surface area contributed by atoms with Crippen molar-refractivity contribution in [2.75, 3.05) is 11.9 Å². The molecule has 3 nitrogen and oxygen atoms in total. The monoisotopic (exact) mass is 269 g/mol. The number of hydrogen-bond donors (Lipinski definition) is 1. The second-order valence-corrected chi connectivity index (χ2v) is 4.15. The van der Waals surface area contributed by atoms with E-state index in [0.717, 1.165) is 17.8 Å². The van der Waals surface area contributed by atoms with Gasteiger partial charge in [-0.1, -0.05) is 6.07 Å². The van der Waals surface area contributed by atoms with Crippen LogP contribution >= 0.6 is 0 Å². The van der Waals surface area contributed by atoms with Gasteiger partial charge >= 0.3 is 6.18 Å². The zero-order valence-corrected chi connectivity index (χ0v) is 10.6. The van der Waals surface area contributed by atoms with Crippen LogP contribution in [0.1, 0.15) is 18.2 Å². The molecule has 0 unspecified atom stereocenters. The van der Waals surface area contributed by atoms with Crippen LogP contribution in [0.25, 0.3) is 5.69 Å². The van der Waals surface area contributed by atoms with Crippen LogP contribution in [0.15, 0.2) is 30.5 Å². The first-order valence-corrected chi connectivity index (χ1v) is 5.89. The van der Waals surface area contributed by atoms with Crippen LogP contribution in [-0.4, -0.2) is 16.1 Å². The molecule has 6 heteroatoms. The third-order valence-corrected chi connectivity index (χ3v) is 2.61. The maximum absolute atomic E-state index is 12.7. The Hall–Kier alpha value is -1.98. The van der Waals surface area contributed by atoms with E-state index in [0.29, 0.717) is 18.2 Å². The fourth-order valence-corrected chi connectivity index (χ4v) is 1.81. The lowest BCUT2D eigenvalue weighted by molar-refractivity contribution is -0.137. The van der Waals surface area contributed by atoms with E-state index in [1.807, 2.05) is 6.92 Å². The Kier molecular flexibility index (Phi) is 3.50. The summed E-state index contributed by atoms with van der Waals surface area (Å²) in [5.74, 6) is 0.541. The Morgan fingerprint density at radius 1 is 1.32 bits per heavy atom. The van der Waals surface area contributed by atoms with Crippen molar-refractivity contribution in [1.82, 2.24) is 9.55 Å². The molecule has 0 atom stereocenters. The van der Waals surface area contributed by atoms with Gasteiger partial charge in [-0.05, 0) is 32.0 Å². The number of aromatic nitrogens is 2. The van der Waals surface area contributed by atoms with E-state index in [1.54, 1.807) is 23.8 Å². The predicted octanol–water partition coefficient (Wildman–Crippen LogP) is 3.63. The van der Waals surface area contributed by atoms with Crippen molar-refractivity contribution in [1.29, 1.82) is 0 Å². The van der Waals surface area contributed by atoms with E-state index < -0.39 is 11.7 Å². The lowest BCUT2D eigenvalue weighted by atomic mass is 10.2. The fourth-order valence-electron chi connectivity index (χ4n) is 1.81. The summed E-state index contributed by atoms with van der Waals surface area (Å²) in [6.07, 6.45) is -2.64. The summed E-state index contributed by atoms with van der Waals surface area (Å²) >= 11 is 0. The first-order valence-electron chi connectivity index (χ1n) is 5.89. The van der Waals surface area contributed by atoms with Gasteiger partial charge in [0.2, 0.25) is 5.95 Å². The molecule has 0 aliphatic carbocycles. The topological polar surface area (TPSA) is 29.9 Å². The summed E-state index contributed by atoms with van der Waals surface area (Å²) in [6, 6.07) is 5.18. The van der Waals surface area contributed by atoms with Crippen molar-refractivity contribution in [2.24, 2.45) is 0 Å². The van der Waals surface area contributed by atoms with Gasteiger partial charge in [0, 0.05) is 18.4 Å². The molecular weight excluding hydrogens is 255 g/mol. The molecule has 0 saturated carbocycles. The zero-order chi connectivity index (χ0) is 14.0. The van der Waals surface area contributed by atoms with Crippen LogP contribution < -0.4 is 5.32 Å². The van der Waals surface area contributed by atoms with Crippen molar-refractivity contribution in [3.05, 3.63) is 41.7 Å². The molecule has 19 heavy (non-hydrogen) atoms. The Morgan fingerprint density at radius 2 is 2.05 bits per heavy atom. The average Bonchev–Trinajstić information content (AvgIpc) is 2.70. The molecule has 102 valence electrons. The zero-order valence-electron chi connectivity index (χ0n) is 10.6. The van der Waals surface area contributed by atoms with E-state index in [9.17, 15) is 13.2 Å². The number of anilines is 1. The molecule has 0 spiro atoms. The third-order valence-electron chi connectivity index (χ3n) is 2.61. The van der Waals surface area contributed by atoms with E-state index in [4.69, 9.17) is 0 Å². The Balaban J connectivity index is 2.47. The highest BCUT2D eigenvalue weighted by atomic mass is 19.4. The summed E-state index contributed by atoms with van der Waals surface area (Å²) < 4.78 is 39.7. The molecule has 1 N–H and O–H groups in total. The first kappa shape index (κ1) is 13.5. The molecular formula is C13H14F3N3. The maximum atomic E-state index is 12.7. The van der Waals surface area contributed by atoms with E-state index in [1.165, 1.54) is 6.07 Å². The molecule has 0 aliphatic rings. The highest BCUT2D eigenvalue weighted by Gasteiger charge is 2.30. The van der Waals surface area contributed by atoms with Gasteiger partial charge in [0.05, 0.1) is 11.3 Å². The maximum Gasteiger partial charge on any atom is 0.416 e. The van der Waals surface area contributed by atoms with Gasteiger partial charge in [0.15, 0.2) is 0 Å². The van der Waals surface area contributed by atoms with Crippen LogP contribution in [0, 0.1) is 6.92 Å². The van der Waals surface area contributed by atoms with Crippen LogP contribution in [0.5, 0.6) is 0 Å². The number of aryl methyl sites for hydroxylation is 1. The van der Waals surface area contributed by atoms with Crippen LogP contribution in [0.4, 0.5) is 19.1 Å². The summed E-state index contributed by atoms with van der Waals surface area (Å²) in [6.45, 7) is 4.35. The van der Waals surface area contributed by atoms with Crippen LogP contribution in [0.2, 0.25) is 0 Å². The van der Waals surface area contributed by atoms with Gasteiger partial charge in [-0.2, -0.15) is 13.2 Å². The van der Waals surface area contributed by atoms with E-state index >= 15 is 0 Å². The molecule has 1 heterocycles. The highest BCUT2D eigenvalue weighted by molar-refractivity contribution is 5.45. The molecule has 0 saturated heterocycles. The van der Waals surface area contributed by atoms with Crippen molar-refractivity contribution in [3.63, 3.8) is 0 Å². The average molecular weight is 269 g/mol. The Labute approximate surface area is 109 Å². The van der Waals surface area contributed by atoms with Gasteiger partial charge in [0.25, 0.3) is 0 Å². The summed E-state index contributed by atoms with van der Waals surface area (Å²) in [5.41, 5.74) is 0.513. The van der Waals surface area contributed by atoms with E-state index in [-0.39, 0.29) is 0 Å². The number of halogens is 3. The number of rotatable bonds is 3. The normalized spacial score (nSPS) is 11.6. The number of hydrogen-bond acceptors (Lipinski definition) is 2. The summed E-state index contributed by atoms with van der Waals surface area (Å²) in [7, 11) is 0. The number of benzene rings is 1. The lowest BCUT2D eigenvalue weighted by Gasteiger charge is -2.11.